The molecule has 16 heavy (non-hydrogen) atoms. The van der Waals surface area contributed by atoms with Crippen LogP contribution in [-0.2, 0) is 13.5 Å². The van der Waals surface area contributed by atoms with Crippen LogP contribution in [0.2, 0.25) is 0 Å². The van der Waals surface area contributed by atoms with Gasteiger partial charge in [0.25, 0.3) is 0 Å². The topological polar surface area (TPSA) is 29.9 Å². The van der Waals surface area contributed by atoms with Crippen molar-refractivity contribution in [3.05, 3.63) is 18.2 Å². The molecule has 0 saturated heterocycles. The second-order valence-corrected chi connectivity index (χ2v) is 5.39. The van der Waals surface area contributed by atoms with Gasteiger partial charge in [0.2, 0.25) is 0 Å². The highest BCUT2D eigenvalue weighted by Crippen LogP contribution is 2.59. The molecule has 2 aliphatic rings. The van der Waals surface area contributed by atoms with Crippen molar-refractivity contribution in [3.63, 3.8) is 0 Å². The number of aromatic nitrogens is 2. The van der Waals surface area contributed by atoms with Crippen LogP contribution in [0, 0.1) is 17.8 Å². The first kappa shape index (κ1) is 10.3. The predicted octanol–water partition coefficient (Wildman–Crippen LogP) is 1.60. The van der Waals surface area contributed by atoms with E-state index in [1.165, 1.54) is 25.1 Å². The first-order valence-electron chi connectivity index (χ1n) is 6.44. The Hall–Kier alpha value is -0.830. The zero-order chi connectivity index (χ0) is 11.1. The molecule has 2 aliphatic carbocycles. The molecule has 2 saturated carbocycles. The van der Waals surface area contributed by atoms with Crippen LogP contribution in [0.25, 0.3) is 0 Å². The van der Waals surface area contributed by atoms with Crippen LogP contribution in [0.1, 0.15) is 25.1 Å². The highest BCUT2D eigenvalue weighted by atomic mass is 15.0. The van der Waals surface area contributed by atoms with E-state index in [4.69, 9.17) is 0 Å². The lowest BCUT2D eigenvalue weighted by atomic mass is 10.0. The van der Waals surface area contributed by atoms with Crippen molar-refractivity contribution >= 4 is 0 Å². The van der Waals surface area contributed by atoms with Crippen LogP contribution in [0.4, 0.5) is 0 Å². The predicted molar refractivity (Wildman–Crippen MR) is 64.1 cm³/mol. The molecule has 0 aliphatic heterocycles. The van der Waals surface area contributed by atoms with Crippen molar-refractivity contribution < 1.29 is 0 Å². The van der Waals surface area contributed by atoms with Crippen LogP contribution >= 0.6 is 0 Å². The molecule has 88 valence electrons. The minimum atomic E-state index is 0.636. The number of hydrogen-bond acceptors (Lipinski definition) is 2. The fourth-order valence-corrected chi connectivity index (χ4v) is 3.69. The van der Waals surface area contributed by atoms with Crippen molar-refractivity contribution in [1.29, 1.82) is 0 Å². The summed E-state index contributed by atoms with van der Waals surface area (Å²) in [7, 11) is 4.18. The molecule has 0 amide bonds. The maximum absolute atomic E-state index is 4.43. The Kier molecular flexibility index (Phi) is 2.51. The monoisotopic (exact) mass is 219 g/mol. The molecule has 3 heteroatoms. The molecule has 0 aromatic carbocycles. The van der Waals surface area contributed by atoms with Gasteiger partial charge in [-0.2, -0.15) is 0 Å². The van der Waals surface area contributed by atoms with E-state index in [1.807, 2.05) is 12.4 Å². The Morgan fingerprint density at radius 2 is 2.25 bits per heavy atom. The number of nitrogens with zero attached hydrogens (tertiary/aromatic N) is 2. The smallest absolute Gasteiger partial charge is 0.109 e. The number of nitrogens with one attached hydrogen (secondary N) is 1. The maximum Gasteiger partial charge on any atom is 0.109 e. The van der Waals surface area contributed by atoms with Crippen LogP contribution in [0.3, 0.4) is 0 Å². The van der Waals surface area contributed by atoms with Gasteiger partial charge in [-0.15, -0.1) is 0 Å². The lowest BCUT2D eigenvalue weighted by molar-refractivity contribution is 0.419. The number of fused-ring (bicyclic) bond motifs is 1. The van der Waals surface area contributed by atoms with E-state index in [0.717, 1.165) is 24.2 Å². The summed E-state index contributed by atoms with van der Waals surface area (Å²) in [5.41, 5.74) is 0. The molecule has 1 N–H and O–H groups in total. The van der Waals surface area contributed by atoms with E-state index in [9.17, 15) is 0 Å². The average Bonchev–Trinajstić information content (AvgIpc) is 2.69. The molecule has 1 heterocycles. The van der Waals surface area contributed by atoms with Gasteiger partial charge in [0.1, 0.15) is 5.82 Å². The van der Waals surface area contributed by atoms with Gasteiger partial charge in [-0.25, -0.2) is 4.98 Å². The number of aryl methyl sites for hydroxylation is 1. The highest BCUT2D eigenvalue weighted by molar-refractivity contribution is 5.08. The van der Waals surface area contributed by atoms with E-state index in [0.29, 0.717) is 6.04 Å². The quantitative estimate of drug-likeness (QED) is 0.833. The van der Waals surface area contributed by atoms with E-state index in [-0.39, 0.29) is 0 Å². The zero-order valence-electron chi connectivity index (χ0n) is 10.2. The molecule has 3 rings (SSSR count). The summed E-state index contributed by atoms with van der Waals surface area (Å²) in [6.45, 7) is 0. The van der Waals surface area contributed by atoms with Gasteiger partial charge in [-0.3, -0.25) is 0 Å². The Balaban J connectivity index is 1.66. The molecule has 0 radical (unpaired) electrons. The van der Waals surface area contributed by atoms with Gasteiger partial charge in [0, 0.05) is 31.9 Å². The molecule has 3 unspecified atom stereocenters. The first-order chi connectivity index (χ1) is 7.81. The van der Waals surface area contributed by atoms with Gasteiger partial charge >= 0.3 is 0 Å². The summed E-state index contributed by atoms with van der Waals surface area (Å²) in [6.07, 6.45) is 9.41. The van der Waals surface area contributed by atoms with Gasteiger partial charge in [-0.05, 0) is 37.6 Å². The lowest BCUT2D eigenvalue weighted by Gasteiger charge is -2.17. The normalized spacial score (nSPS) is 33.8. The number of likely N-dealkylation sites (N-methyl/N-ethyl adjacent to an activating group) is 1. The maximum atomic E-state index is 4.43. The third kappa shape index (κ3) is 1.58. The fourth-order valence-electron chi connectivity index (χ4n) is 3.69. The number of imidazole rings is 1. The van der Waals surface area contributed by atoms with Gasteiger partial charge in [0.05, 0.1) is 0 Å². The second kappa shape index (κ2) is 3.88. The lowest BCUT2D eigenvalue weighted by Crippen LogP contribution is -2.32. The van der Waals surface area contributed by atoms with Crippen molar-refractivity contribution in [1.82, 2.24) is 14.9 Å². The third-order valence-corrected chi connectivity index (χ3v) is 4.63. The van der Waals surface area contributed by atoms with Crippen molar-refractivity contribution in [2.24, 2.45) is 24.8 Å². The largest absolute Gasteiger partial charge is 0.338 e. The van der Waals surface area contributed by atoms with Gasteiger partial charge in [-0.1, -0.05) is 6.42 Å². The summed E-state index contributed by atoms with van der Waals surface area (Å²) < 4.78 is 2.14. The van der Waals surface area contributed by atoms with E-state index in [1.54, 1.807) is 0 Å². The Labute approximate surface area is 97.3 Å². The Morgan fingerprint density at radius 1 is 1.50 bits per heavy atom. The Morgan fingerprint density at radius 3 is 2.81 bits per heavy atom. The summed E-state index contributed by atoms with van der Waals surface area (Å²) in [5, 5.41) is 3.50. The van der Waals surface area contributed by atoms with Crippen LogP contribution in [0.15, 0.2) is 12.4 Å². The fraction of sp³-hybridized carbons (Fsp3) is 0.769. The van der Waals surface area contributed by atoms with Gasteiger partial charge < -0.3 is 9.88 Å². The highest BCUT2D eigenvalue weighted by Gasteiger charge is 2.55. The molecule has 3 atom stereocenters. The second-order valence-electron chi connectivity index (χ2n) is 5.39. The van der Waals surface area contributed by atoms with Crippen LogP contribution in [0.5, 0.6) is 0 Å². The molecule has 1 aromatic rings. The molecular formula is C13H21N3. The van der Waals surface area contributed by atoms with E-state index < -0.39 is 0 Å². The molecule has 0 spiro atoms. The molecule has 0 bridgehead atoms. The summed E-state index contributed by atoms with van der Waals surface area (Å²) in [4.78, 5) is 4.43. The molecular weight excluding hydrogens is 198 g/mol. The Bertz CT molecular complexity index is 361. The minimum absolute atomic E-state index is 0.636. The van der Waals surface area contributed by atoms with Gasteiger partial charge in [0.15, 0.2) is 0 Å². The molecule has 1 aromatic heterocycles. The SMILES string of the molecule is CNC(Cc1nccn1C)C1C2CCCC21. The van der Waals surface area contributed by atoms with Crippen LogP contribution < -0.4 is 5.32 Å². The summed E-state index contributed by atoms with van der Waals surface area (Å²) in [5.74, 6) is 4.19. The average molecular weight is 219 g/mol. The zero-order valence-corrected chi connectivity index (χ0v) is 10.2. The van der Waals surface area contributed by atoms with Crippen molar-refractivity contribution in [2.75, 3.05) is 7.05 Å². The minimum Gasteiger partial charge on any atom is -0.338 e. The van der Waals surface area contributed by atoms with E-state index in [2.05, 4.69) is 29.0 Å². The third-order valence-electron chi connectivity index (χ3n) is 4.63. The first-order valence-corrected chi connectivity index (χ1v) is 6.44. The summed E-state index contributed by atoms with van der Waals surface area (Å²) >= 11 is 0. The molecule has 3 nitrogen and oxygen atoms in total. The standard InChI is InChI=1S/C13H21N3/c1-14-11(8-12-15-6-7-16(12)2)13-9-4-3-5-10(9)13/h6-7,9-11,13-14H,3-5,8H2,1-2H3. The molecule has 2 fully saturated rings. The van der Waals surface area contributed by atoms with E-state index >= 15 is 0 Å². The number of hydrogen-bond donors (Lipinski definition) is 1. The summed E-state index contributed by atoms with van der Waals surface area (Å²) in [6, 6.07) is 0.636. The van der Waals surface area contributed by atoms with Crippen molar-refractivity contribution in [2.45, 2.75) is 31.7 Å². The number of rotatable bonds is 4. The van der Waals surface area contributed by atoms with Crippen LogP contribution in [-0.4, -0.2) is 22.6 Å². The van der Waals surface area contributed by atoms with Crippen molar-refractivity contribution in [3.8, 4) is 0 Å².